The largest absolute Gasteiger partial charge is 0.460 e. The molecule has 12 heteroatoms. The Bertz CT molecular complexity index is 1250. The molecule has 2 heterocycles. The Labute approximate surface area is 183 Å². The molecular weight excluding hydrogens is 444 g/mol. The lowest BCUT2D eigenvalue weighted by molar-refractivity contribution is -0.150. The highest BCUT2D eigenvalue weighted by Gasteiger charge is 2.40. The number of carbonyl (C=O) groups excluding carboxylic acids is 2. The molecule has 0 aliphatic carbocycles. The first-order valence-corrected chi connectivity index (χ1v) is 11.4. The number of esters is 1. The van der Waals surface area contributed by atoms with Crippen LogP contribution in [0.15, 0.2) is 46.1 Å². The van der Waals surface area contributed by atoms with Gasteiger partial charge in [0.25, 0.3) is 21.6 Å². The van der Waals surface area contributed by atoms with Gasteiger partial charge in [-0.2, -0.15) is 13.0 Å². The predicted molar refractivity (Wildman–Crippen MR) is 111 cm³/mol. The van der Waals surface area contributed by atoms with Crippen molar-refractivity contribution in [2.45, 2.75) is 38.7 Å². The van der Waals surface area contributed by atoms with E-state index in [9.17, 15) is 27.6 Å². The van der Waals surface area contributed by atoms with E-state index in [1.165, 1.54) is 32.2 Å². The molecule has 32 heavy (non-hydrogen) atoms. The summed E-state index contributed by atoms with van der Waals surface area (Å²) in [5.74, 6) is -1.43. The van der Waals surface area contributed by atoms with E-state index in [1.54, 1.807) is 18.2 Å². The van der Waals surface area contributed by atoms with E-state index in [0.29, 0.717) is 4.57 Å². The highest BCUT2D eigenvalue weighted by molar-refractivity contribution is 7.85. The molecule has 0 radical (unpaired) electrons. The van der Waals surface area contributed by atoms with E-state index in [1.807, 2.05) is 0 Å². The van der Waals surface area contributed by atoms with Crippen LogP contribution >= 0.6 is 0 Å². The SMILES string of the molecule is CC(=O)O[C@H]1C[C@H](n2cc(C)c(=O)n(C(=O)c3ccccc3)c2=O)O[C@@H]1COS(C)(=O)=O. The summed E-state index contributed by atoms with van der Waals surface area (Å²) in [7, 11) is -3.79. The molecule has 3 rings (SSSR count). The van der Waals surface area contributed by atoms with Crippen LogP contribution < -0.4 is 11.2 Å². The number of aryl methyl sites for hydroxylation is 1. The van der Waals surface area contributed by atoms with Gasteiger partial charge in [0, 0.05) is 30.7 Å². The average Bonchev–Trinajstić information content (AvgIpc) is 3.11. The minimum absolute atomic E-state index is 0.0194. The van der Waals surface area contributed by atoms with Gasteiger partial charge in [-0.3, -0.25) is 23.1 Å². The first-order valence-electron chi connectivity index (χ1n) is 9.59. The van der Waals surface area contributed by atoms with Crippen molar-refractivity contribution >= 4 is 22.0 Å². The van der Waals surface area contributed by atoms with E-state index < -0.39 is 58.3 Å². The predicted octanol–water partition coefficient (Wildman–Crippen LogP) is 0.202. The fourth-order valence-corrected chi connectivity index (χ4v) is 3.72. The lowest BCUT2D eigenvalue weighted by Crippen LogP contribution is -2.45. The van der Waals surface area contributed by atoms with Gasteiger partial charge in [-0.15, -0.1) is 0 Å². The second-order valence-electron chi connectivity index (χ2n) is 7.32. The van der Waals surface area contributed by atoms with Crippen LogP contribution in [0, 0.1) is 6.92 Å². The number of hydrogen-bond donors (Lipinski definition) is 0. The third-order valence-corrected chi connectivity index (χ3v) is 5.33. The van der Waals surface area contributed by atoms with Gasteiger partial charge in [0.15, 0.2) is 0 Å². The average molecular weight is 466 g/mol. The lowest BCUT2D eigenvalue weighted by Gasteiger charge is -2.18. The van der Waals surface area contributed by atoms with E-state index >= 15 is 0 Å². The Kier molecular flexibility index (Phi) is 6.77. The molecule has 2 aromatic rings. The van der Waals surface area contributed by atoms with Gasteiger partial charge >= 0.3 is 11.7 Å². The monoisotopic (exact) mass is 466 g/mol. The second-order valence-corrected chi connectivity index (χ2v) is 8.96. The maximum Gasteiger partial charge on any atom is 0.340 e. The quantitative estimate of drug-likeness (QED) is 0.431. The summed E-state index contributed by atoms with van der Waals surface area (Å²) in [6, 6.07) is 7.84. The fraction of sp³-hybridized carbons (Fsp3) is 0.400. The molecule has 0 bridgehead atoms. The first kappa shape index (κ1) is 23.6. The van der Waals surface area contributed by atoms with Crippen molar-refractivity contribution in [2.24, 2.45) is 0 Å². The van der Waals surface area contributed by atoms with Gasteiger partial charge in [-0.25, -0.2) is 4.79 Å². The normalized spacial score (nSPS) is 20.8. The van der Waals surface area contributed by atoms with E-state index in [0.717, 1.165) is 10.8 Å². The molecule has 11 nitrogen and oxygen atoms in total. The number of benzene rings is 1. The van der Waals surface area contributed by atoms with Crippen LogP contribution in [0.5, 0.6) is 0 Å². The molecule has 1 fully saturated rings. The van der Waals surface area contributed by atoms with Crippen molar-refractivity contribution in [3.63, 3.8) is 0 Å². The topological polar surface area (TPSA) is 140 Å². The van der Waals surface area contributed by atoms with Crippen LogP contribution in [-0.4, -0.2) is 54.5 Å². The minimum atomic E-state index is -3.79. The molecule has 0 spiro atoms. The zero-order valence-electron chi connectivity index (χ0n) is 17.6. The molecule has 1 aromatic heterocycles. The fourth-order valence-electron chi connectivity index (χ4n) is 3.34. The molecule has 172 valence electrons. The minimum Gasteiger partial charge on any atom is -0.460 e. The molecule has 0 saturated carbocycles. The Hall–Kier alpha value is -3.09. The number of hydrogen-bond acceptors (Lipinski definition) is 9. The van der Waals surface area contributed by atoms with Gasteiger partial charge in [-0.05, 0) is 19.1 Å². The molecule has 0 unspecified atom stereocenters. The van der Waals surface area contributed by atoms with E-state index in [-0.39, 0.29) is 17.5 Å². The first-order chi connectivity index (χ1) is 15.0. The number of rotatable bonds is 6. The molecule has 1 aliphatic heterocycles. The maximum atomic E-state index is 13.1. The summed E-state index contributed by atoms with van der Waals surface area (Å²) >= 11 is 0. The van der Waals surface area contributed by atoms with Crippen molar-refractivity contribution < 1.29 is 31.7 Å². The Morgan fingerprint density at radius 1 is 1.19 bits per heavy atom. The molecule has 1 saturated heterocycles. The van der Waals surface area contributed by atoms with Crippen molar-refractivity contribution in [3.8, 4) is 0 Å². The molecule has 0 amide bonds. The Balaban J connectivity index is 1.99. The Morgan fingerprint density at radius 2 is 1.84 bits per heavy atom. The number of aromatic nitrogens is 2. The van der Waals surface area contributed by atoms with Crippen LogP contribution in [0.25, 0.3) is 0 Å². The zero-order valence-corrected chi connectivity index (χ0v) is 18.4. The van der Waals surface area contributed by atoms with Crippen LogP contribution in [0.3, 0.4) is 0 Å². The van der Waals surface area contributed by atoms with Gasteiger partial charge in [0.05, 0.1) is 12.9 Å². The van der Waals surface area contributed by atoms with Gasteiger partial charge < -0.3 is 9.47 Å². The lowest BCUT2D eigenvalue weighted by atomic mass is 10.2. The summed E-state index contributed by atoms with van der Waals surface area (Å²) in [6.07, 6.45) is -0.843. The standard InChI is InChI=1S/C20H22N2O9S/c1-12-10-21(20(26)22(18(12)24)19(25)14-7-5-4-6-8-14)17-9-15(30-13(2)23)16(31-17)11-29-32(3,27)28/h4-8,10,15-17H,9,11H2,1-3H3/t15-,16+,17+/m0/s1. The molecule has 1 aliphatic rings. The van der Waals surface area contributed by atoms with Crippen molar-refractivity contribution in [1.82, 2.24) is 9.13 Å². The van der Waals surface area contributed by atoms with Crippen LogP contribution in [-0.2, 0) is 28.6 Å². The molecule has 1 aromatic carbocycles. The van der Waals surface area contributed by atoms with Crippen LogP contribution in [0.2, 0.25) is 0 Å². The number of nitrogens with zero attached hydrogens (tertiary/aromatic N) is 2. The highest BCUT2D eigenvalue weighted by Crippen LogP contribution is 2.30. The second kappa shape index (κ2) is 9.18. The molecule has 3 atom stereocenters. The third-order valence-electron chi connectivity index (χ3n) is 4.76. The Morgan fingerprint density at radius 3 is 2.44 bits per heavy atom. The zero-order chi connectivity index (χ0) is 23.6. The summed E-state index contributed by atoms with van der Waals surface area (Å²) in [5.41, 5.74) is -1.46. The summed E-state index contributed by atoms with van der Waals surface area (Å²) in [6.45, 7) is 2.18. The van der Waals surface area contributed by atoms with Gasteiger partial charge in [0.2, 0.25) is 0 Å². The third kappa shape index (κ3) is 5.21. The van der Waals surface area contributed by atoms with Gasteiger partial charge in [-0.1, -0.05) is 18.2 Å². The highest BCUT2D eigenvalue weighted by atomic mass is 32.2. The van der Waals surface area contributed by atoms with Crippen molar-refractivity contribution in [2.75, 3.05) is 12.9 Å². The summed E-state index contributed by atoms with van der Waals surface area (Å²) in [5, 5.41) is 0. The number of ether oxygens (including phenoxy) is 2. The molecular formula is C20H22N2O9S. The van der Waals surface area contributed by atoms with Crippen molar-refractivity contribution in [3.05, 3.63) is 68.5 Å². The molecule has 0 N–H and O–H groups in total. The van der Waals surface area contributed by atoms with Crippen molar-refractivity contribution in [1.29, 1.82) is 0 Å². The summed E-state index contributed by atoms with van der Waals surface area (Å²) < 4.78 is 39.9. The maximum absolute atomic E-state index is 13.1. The van der Waals surface area contributed by atoms with E-state index in [4.69, 9.17) is 13.7 Å². The van der Waals surface area contributed by atoms with Crippen LogP contribution in [0.4, 0.5) is 0 Å². The summed E-state index contributed by atoms with van der Waals surface area (Å²) in [4.78, 5) is 50.0. The smallest absolute Gasteiger partial charge is 0.340 e. The van der Waals surface area contributed by atoms with E-state index in [2.05, 4.69) is 0 Å². The number of carbonyl (C=O) groups is 2. The van der Waals surface area contributed by atoms with Crippen LogP contribution in [0.1, 0.15) is 35.5 Å². The van der Waals surface area contributed by atoms with Gasteiger partial charge in [0.1, 0.15) is 18.4 Å².